The van der Waals surface area contributed by atoms with Gasteiger partial charge in [-0.3, -0.25) is 0 Å². The monoisotopic (exact) mass is 204 g/mol. The van der Waals surface area contributed by atoms with E-state index in [1.54, 1.807) is 7.11 Å². The summed E-state index contributed by atoms with van der Waals surface area (Å²) in [5.74, 6) is 1.63. The minimum Gasteiger partial charge on any atom is -0.494 e. The lowest BCUT2D eigenvalue weighted by molar-refractivity contribution is 0.418. The summed E-state index contributed by atoms with van der Waals surface area (Å²) in [6.07, 6.45) is 0. The van der Waals surface area contributed by atoms with Crippen LogP contribution in [0.1, 0.15) is 5.82 Å². The van der Waals surface area contributed by atoms with Gasteiger partial charge < -0.3 is 16.2 Å². The molecule has 0 fully saturated rings. The van der Waals surface area contributed by atoms with Crippen LogP contribution in [-0.4, -0.2) is 17.1 Å². The van der Waals surface area contributed by atoms with Gasteiger partial charge in [0.2, 0.25) is 0 Å². The molecule has 15 heavy (non-hydrogen) atoms. The second kappa shape index (κ2) is 3.70. The summed E-state index contributed by atoms with van der Waals surface area (Å²) in [7, 11) is 1.59. The Bertz CT molecular complexity index is 498. The molecule has 5 heteroatoms. The number of ether oxygens (including phenoxy) is 1. The quantitative estimate of drug-likeness (QED) is 0.751. The second-order valence-corrected chi connectivity index (χ2v) is 3.09. The van der Waals surface area contributed by atoms with E-state index < -0.39 is 0 Å². The van der Waals surface area contributed by atoms with Crippen molar-refractivity contribution in [1.29, 1.82) is 0 Å². The number of anilines is 1. The summed E-state index contributed by atoms with van der Waals surface area (Å²) in [5.41, 5.74) is 12.0. The molecule has 2 rings (SSSR count). The Hall–Kier alpha value is -1.88. The minimum atomic E-state index is 0.262. The molecule has 78 valence electrons. The van der Waals surface area contributed by atoms with Crippen molar-refractivity contribution in [3.8, 4) is 5.75 Å². The zero-order valence-electron chi connectivity index (χ0n) is 8.40. The van der Waals surface area contributed by atoms with Crippen molar-refractivity contribution in [2.45, 2.75) is 6.54 Å². The van der Waals surface area contributed by atoms with Gasteiger partial charge in [-0.25, -0.2) is 9.97 Å². The molecule has 1 aromatic carbocycles. The maximum absolute atomic E-state index is 5.79. The van der Waals surface area contributed by atoms with E-state index in [2.05, 4.69) is 9.97 Å². The molecule has 0 aliphatic rings. The van der Waals surface area contributed by atoms with E-state index in [0.29, 0.717) is 22.9 Å². The molecule has 0 saturated carbocycles. The van der Waals surface area contributed by atoms with Gasteiger partial charge in [-0.05, 0) is 12.1 Å². The molecule has 0 aliphatic heterocycles. The van der Waals surface area contributed by atoms with Crippen molar-refractivity contribution in [1.82, 2.24) is 9.97 Å². The summed E-state index contributed by atoms with van der Waals surface area (Å²) in [6.45, 7) is 0.262. The number of benzene rings is 1. The average Bonchev–Trinajstić information content (AvgIpc) is 2.28. The number of methoxy groups -OCH3 is 1. The van der Waals surface area contributed by atoms with Crippen molar-refractivity contribution < 1.29 is 4.74 Å². The number of nitrogens with zero attached hydrogens (tertiary/aromatic N) is 2. The predicted octanol–water partition coefficient (Wildman–Crippen LogP) is 0.679. The number of nitrogens with two attached hydrogens (primary N) is 2. The van der Waals surface area contributed by atoms with Gasteiger partial charge in [0, 0.05) is 5.39 Å². The van der Waals surface area contributed by atoms with Crippen molar-refractivity contribution in [3.63, 3.8) is 0 Å². The fraction of sp³-hybridized carbons (Fsp3) is 0.200. The van der Waals surface area contributed by atoms with Crippen LogP contribution < -0.4 is 16.2 Å². The highest BCUT2D eigenvalue weighted by atomic mass is 16.5. The van der Waals surface area contributed by atoms with Crippen LogP contribution in [-0.2, 0) is 6.54 Å². The smallest absolute Gasteiger partial charge is 0.145 e. The molecule has 5 nitrogen and oxygen atoms in total. The lowest BCUT2D eigenvalue weighted by Crippen LogP contribution is -2.06. The van der Waals surface area contributed by atoms with Crippen LogP contribution >= 0.6 is 0 Å². The summed E-state index contributed by atoms with van der Waals surface area (Å²) in [6, 6.07) is 5.53. The molecule has 0 aliphatic carbocycles. The van der Waals surface area contributed by atoms with Crippen LogP contribution in [0, 0.1) is 0 Å². The number of fused-ring (bicyclic) bond motifs is 1. The highest BCUT2D eigenvalue weighted by Crippen LogP contribution is 2.26. The number of hydrogen-bond donors (Lipinski definition) is 2. The molecule has 0 atom stereocenters. The van der Waals surface area contributed by atoms with Crippen molar-refractivity contribution in [2.24, 2.45) is 5.73 Å². The molecule has 0 radical (unpaired) electrons. The molecule has 0 saturated heterocycles. The third-order valence-electron chi connectivity index (χ3n) is 2.17. The zero-order valence-corrected chi connectivity index (χ0v) is 8.40. The molecule has 0 spiro atoms. The van der Waals surface area contributed by atoms with Crippen LogP contribution in [0.25, 0.3) is 10.9 Å². The molecule has 0 bridgehead atoms. The maximum atomic E-state index is 5.79. The minimum absolute atomic E-state index is 0.262. The normalized spacial score (nSPS) is 10.5. The van der Waals surface area contributed by atoms with Crippen LogP contribution in [0.15, 0.2) is 18.2 Å². The molecule has 0 amide bonds. The predicted molar refractivity (Wildman–Crippen MR) is 58.4 cm³/mol. The molecule has 2 aromatic rings. The van der Waals surface area contributed by atoms with E-state index in [0.717, 1.165) is 5.39 Å². The van der Waals surface area contributed by atoms with Gasteiger partial charge in [-0.1, -0.05) is 6.07 Å². The Morgan fingerprint density at radius 2 is 2.13 bits per heavy atom. The van der Waals surface area contributed by atoms with Crippen LogP contribution in [0.4, 0.5) is 5.82 Å². The molecular weight excluding hydrogens is 192 g/mol. The maximum Gasteiger partial charge on any atom is 0.145 e. The number of nitrogen functional groups attached to an aromatic ring is 1. The molecule has 4 N–H and O–H groups in total. The number of hydrogen-bond acceptors (Lipinski definition) is 5. The topological polar surface area (TPSA) is 87.0 Å². The summed E-state index contributed by atoms with van der Waals surface area (Å²) >= 11 is 0. The first-order valence-electron chi connectivity index (χ1n) is 4.55. The van der Waals surface area contributed by atoms with E-state index in [1.165, 1.54) is 0 Å². The van der Waals surface area contributed by atoms with Gasteiger partial charge in [-0.2, -0.15) is 0 Å². The Balaban J connectivity index is 2.79. The number of para-hydroxylation sites is 1. The zero-order chi connectivity index (χ0) is 10.8. The van der Waals surface area contributed by atoms with Crippen LogP contribution in [0.5, 0.6) is 5.75 Å². The first-order valence-corrected chi connectivity index (χ1v) is 4.55. The Morgan fingerprint density at radius 3 is 2.80 bits per heavy atom. The molecule has 1 heterocycles. The Morgan fingerprint density at radius 1 is 1.33 bits per heavy atom. The Labute approximate surface area is 87.1 Å². The van der Waals surface area contributed by atoms with E-state index in [4.69, 9.17) is 16.2 Å². The van der Waals surface area contributed by atoms with Crippen LogP contribution in [0.2, 0.25) is 0 Å². The van der Waals surface area contributed by atoms with E-state index >= 15 is 0 Å². The molecule has 0 unspecified atom stereocenters. The summed E-state index contributed by atoms with van der Waals surface area (Å²) in [5, 5.41) is 0.784. The van der Waals surface area contributed by atoms with Gasteiger partial charge in [0.1, 0.15) is 22.9 Å². The van der Waals surface area contributed by atoms with Crippen molar-refractivity contribution in [2.75, 3.05) is 12.8 Å². The third-order valence-corrected chi connectivity index (χ3v) is 2.17. The highest BCUT2D eigenvalue weighted by Gasteiger charge is 2.07. The van der Waals surface area contributed by atoms with E-state index in [-0.39, 0.29) is 6.54 Å². The SMILES string of the molecule is COc1cccc2c(N)nc(CN)nc12. The molecular formula is C10H12N4O. The largest absolute Gasteiger partial charge is 0.494 e. The van der Waals surface area contributed by atoms with Crippen molar-refractivity contribution in [3.05, 3.63) is 24.0 Å². The third kappa shape index (κ3) is 1.57. The number of aromatic nitrogens is 2. The first kappa shape index (κ1) is 9.67. The molecule has 1 aromatic heterocycles. The van der Waals surface area contributed by atoms with E-state index in [9.17, 15) is 0 Å². The van der Waals surface area contributed by atoms with Gasteiger partial charge in [0.15, 0.2) is 0 Å². The average molecular weight is 204 g/mol. The van der Waals surface area contributed by atoms with Gasteiger partial charge in [-0.15, -0.1) is 0 Å². The number of rotatable bonds is 2. The fourth-order valence-corrected chi connectivity index (χ4v) is 1.45. The van der Waals surface area contributed by atoms with Gasteiger partial charge in [0.25, 0.3) is 0 Å². The lowest BCUT2D eigenvalue weighted by atomic mass is 10.2. The fourth-order valence-electron chi connectivity index (χ4n) is 1.45. The summed E-state index contributed by atoms with van der Waals surface area (Å²) in [4.78, 5) is 8.37. The second-order valence-electron chi connectivity index (χ2n) is 3.09. The lowest BCUT2D eigenvalue weighted by Gasteiger charge is -2.07. The van der Waals surface area contributed by atoms with Crippen LogP contribution in [0.3, 0.4) is 0 Å². The van der Waals surface area contributed by atoms with Crippen molar-refractivity contribution >= 4 is 16.7 Å². The van der Waals surface area contributed by atoms with Gasteiger partial charge >= 0.3 is 0 Å². The van der Waals surface area contributed by atoms with Gasteiger partial charge in [0.05, 0.1) is 13.7 Å². The standard InChI is InChI=1S/C10H12N4O/c1-15-7-4-2-3-6-9(7)13-8(5-11)14-10(6)12/h2-4H,5,11H2,1H3,(H2,12,13,14). The summed E-state index contributed by atoms with van der Waals surface area (Å²) < 4.78 is 5.20. The Kier molecular flexibility index (Phi) is 2.39. The highest BCUT2D eigenvalue weighted by molar-refractivity contribution is 5.92. The van der Waals surface area contributed by atoms with E-state index in [1.807, 2.05) is 18.2 Å². The first-order chi connectivity index (χ1) is 7.26.